The van der Waals surface area contributed by atoms with Gasteiger partial charge in [0.05, 0.1) is 0 Å². The molecule has 4 aliphatic carbocycles. The first-order valence-corrected chi connectivity index (χ1v) is 14.0. The number of nitrogens with zero attached hydrogens (tertiary/aromatic N) is 2. The van der Waals surface area contributed by atoms with E-state index >= 15 is 0 Å². The van der Waals surface area contributed by atoms with Crippen molar-refractivity contribution in [3.8, 4) is 0 Å². The maximum absolute atomic E-state index is 13.9. The van der Waals surface area contributed by atoms with Crippen molar-refractivity contribution in [1.29, 1.82) is 0 Å². The minimum Gasteiger partial charge on any atom is -0.412 e. The number of carbonyl (C=O) groups excluding carboxylic acids is 1. The first-order chi connectivity index (χ1) is 17.1. The predicted molar refractivity (Wildman–Crippen MR) is 163 cm³/mol. The maximum Gasteiger partial charge on any atom is 0.226 e. The van der Waals surface area contributed by atoms with Gasteiger partial charge in [0.2, 0.25) is 5.91 Å². The summed E-state index contributed by atoms with van der Waals surface area (Å²) in [5.41, 5.74) is 2.65. The Labute approximate surface area is 246 Å². The summed E-state index contributed by atoms with van der Waals surface area (Å²) in [5.74, 6) is 2.78. The fourth-order valence-corrected chi connectivity index (χ4v) is 8.07. The van der Waals surface area contributed by atoms with E-state index in [1.54, 1.807) is 0 Å². The second kappa shape index (κ2) is 14.8. The summed E-state index contributed by atoms with van der Waals surface area (Å²) in [4.78, 5) is 19.0. The van der Waals surface area contributed by atoms with Crippen LogP contribution in [0.15, 0.2) is 60.7 Å². The van der Waals surface area contributed by atoms with Crippen molar-refractivity contribution >= 4 is 30.7 Å². The lowest BCUT2D eigenvalue weighted by Crippen LogP contribution is -2.57. The molecule has 0 unspecified atom stereocenters. The van der Waals surface area contributed by atoms with Gasteiger partial charge in [0, 0.05) is 50.7 Å². The van der Waals surface area contributed by atoms with Gasteiger partial charge in [0.25, 0.3) is 0 Å². The second-order valence-corrected chi connectivity index (χ2v) is 12.1. The van der Waals surface area contributed by atoms with Gasteiger partial charge in [0.15, 0.2) is 0 Å². The number of hydrogen-bond acceptors (Lipinski definition) is 3. The maximum atomic E-state index is 13.9. The number of carbonyl (C=O) groups is 1. The number of benzene rings is 2. The molecule has 5 aliphatic rings. The largest absolute Gasteiger partial charge is 0.412 e. The molecule has 5 fully saturated rings. The van der Waals surface area contributed by atoms with E-state index in [2.05, 4.69) is 75.8 Å². The molecule has 1 saturated heterocycles. The van der Waals surface area contributed by atoms with Gasteiger partial charge in [-0.2, -0.15) is 0 Å². The number of hydrogen-bond donors (Lipinski definition) is 1. The third kappa shape index (κ3) is 7.96. The lowest BCUT2D eigenvalue weighted by atomic mass is 9.49. The Morgan fingerprint density at radius 3 is 1.72 bits per heavy atom. The minimum absolute atomic E-state index is 0. The molecule has 1 atom stereocenters. The van der Waals surface area contributed by atoms with Gasteiger partial charge in [-0.15, -0.1) is 24.8 Å². The van der Waals surface area contributed by atoms with E-state index in [0.717, 1.165) is 82.7 Å². The molecular weight excluding hydrogens is 533 g/mol. The van der Waals surface area contributed by atoms with Crippen LogP contribution in [-0.2, 0) is 17.8 Å². The third-order valence-corrected chi connectivity index (χ3v) is 9.37. The highest BCUT2D eigenvalue weighted by atomic mass is 35.5. The molecule has 2 aromatic carbocycles. The van der Waals surface area contributed by atoms with Crippen LogP contribution in [0.3, 0.4) is 0 Å². The molecule has 1 heterocycles. The lowest BCUT2D eigenvalue weighted by Gasteiger charge is -2.56. The standard InChI is InChI=1S/C31H41N3O.2ClH.2H2O/c35-30(31-19-26-15-27(20-31)17-28(16-26)21-31)32-29(18-24-7-3-1-4-8-24)23-34-13-11-33(12-14-34)22-25-9-5-2-6-10-25;;;;/h1-10,26-29H,11-23H2,(H,32,35);2*1H;2*1H2/t26?,27?,28?,29-,31?;;;;/m1..../s1. The number of rotatable bonds is 8. The van der Waals surface area contributed by atoms with Gasteiger partial charge in [-0.05, 0) is 73.8 Å². The van der Waals surface area contributed by atoms with Gasteiger partial charge in [-0.25, -0.2) is 0 Å². The van der Waals surface area contributed by atoms with Crippen molar-refractivity contribution < 1.29 is 15.7 Å². The second-order valence-electron chi connectivity index (χ2n) is 12.1. The summed E-state index contributed by atoms with van der Waals surface area (Å²) >= 11 is 0. The van der Waals surface area contributed by atoms with Gasteiger partial charge < -0.3 is 16.3 Å². The molecule has 0 radical (unpaired) electrons. The number of halogens is 2. The SMILES string of the molecule is Cl.Cl.O.O.O=C(N[C@H](Cc1ccccc1)CN1CCN(Cc2ccccc2)CC1)C12CC3CC(CC(C3)C1)C2. The zero-order valence-corrected chi connectivity index (χ0v) is 24.5. The Morgan fingerprint density at radius 2 is 1.21 bits per heavy atom. The summed E-state index contributed by atoms with van der Waals surface area (Å²) in [7, 11) is 0. The molecule has 218 valence electrons. The van der Waals surface area contributed by atoms with Crippen LogP contribution in [0, 0.1) is 23.2 Å². The van der Waals surface area contributed by atoms with E-state index in [9.17, 15) is 4.79 Å². The molecule has 1 aliphatic heterocycles. The molecule has 2 aromatic rings. The van der Waals surface area contributed by atoms with E-state index in [0.29, 0.717) is 5.91 Å². The van der Waals surface area contributed by atoms with Crippen molar-refractivity contribution in [2.75, 3.05) is 32.7 Å². The highest BCUT2D eigenvalue weighted by Crippen LogP contribution is 2.60. The van der Waals surface area contributed by atoms with Crippen LogP contribution in [0.4, 0.5) is 0 Å². The topological polar surface area (TPSA) is 98.6 Å². The van der Waals surface area contributed by atoms with Crippen LogP contribution in [-0.4, -0.2) is 65.4 Å². The van der Waals surface area contributed by atoms with Gasteiger partial charge in [0.1, 0.15) is 0 Å². The highest BCUT2D eigenvalue weighted by molar-refractivity contribution is 5.85. The summed E-state index contributed by atoms with van der Waals surface area (Å²) in [5, 5.41) is 3.63. The van der Waals surface area contributed by atoms with E-state index in [-0.39, 0.29) is 47.2 Å². The van der Waals surface area contributed by atoms with Crippen LogP contribution in [0.5, 0.6) is 0 Å². The monoisotopic (exact) mass is 579 g/mol. The average molecular weight is 581 g/mol. The first kappa shape index (κ1) is 33.5. The van der Waals surface area contributed by atoms with Crippen LogP contribution in [0.1, 0.15) is 49.7 Å². The molecule has 0 aromatic heterocycles. The number of piperazine rings is 1. The van der Waals surface area contributed by atoms with Crippen molar-refractivity contribution in [3.05, 3.63) is 71.8 Å². The fourth-order valence-electron chi connectivity index (χ4n) is 8.07. The molecule has 1 amide bonds. The van der Waals surface area contributed by atoms with E-state index < -0.39 is 0 Å². The van der Waals surface area contributed by atoms with Gasteiger partial charge >= 0.3 is 0 Å². The van der Waals surface area contributed by atoms with E-state index in [4.69, 9.17) is 0 Å². The van der Waals surface area contributed by atoms with E-state index in [1.165, 1.54) is 30.4 Å². The van der Waals surface area contributed by atoms with Crippen molar-refractivity contribution in [2.24, 2.45) is 23.2 Å². The minimum atomic E-state index is -0.0714. The molecule has 4 saturated carbocycles. The number of amides is 1. The van der Waals surface area contributed by atoms with Crippen molar-refractivity contribution in [3.63, 3.8) is 0 Å². The first-order valence-electron chi connectivity index (χ1n) is 14.0. The Balaban J connectivity index is 0.00000133. The lowest BCUT2D eigenvalue weighted by molar-refractivity contribution is -0.147. The van der Waals surface area contributed by atoms with Crippen molar-refractivity contribution in [1.82, 2.24) is 15.1 Å². The Hall–Kier alpha value is -1.67. The Morgan fingerprint density at radius 1 is 0.744 bits per heavy atom. The molecule has 39 heavy (non-hydrogen) atoms. The molecule has 8 heteroatoms. The zero-order valence-electron chi connectivity index (χ0n) is 22.9. The van der Waals surface area contributed by atoms with Crippen LogP contribution < -0.4 is 5.32 Å². The third-order valence-electron chi connectivity index (χ3n) is 9.37. The molecular formula is C31H47Cl2N3O3. The van der Waals surface area contributed by atoms with Crippen LogP contribution >= 0.6 is 24.8 Å². The van der Waals surface area contributed by atoms with Gasteiger partial charge in [-0.1, -0.05) is 60.7 Å². The summed E-state index contributed by atoms with van der Waals surface area (Å²) in [6.07, 6.45) is 8.49. The highest BCUT2D eigenvalue weighted by Gasteiger charge is 2.54. The fraction of sp³-hybridized carbons (Fsp3) is 0.581. The Kier molecular flexibility index (Phi) is 12.7. The molecule has 6 nitrogen and oxygen atoms in total. The summed E-state index contributed by atoms with van der Waals surface area (Å²) < 4.78 is 0. The molecule has 0 spiro atoms. The molecule has 7 rings (SSSR count). The van der Waals surface area contributed by atoms with E-state index in [1.807, 2.05) is 0 Å². The number of nitrogens with one attached hydrogen (secondary N) is 1. The summed E-state index contributed by atoms with van der Waals surface area (Å²) in [6.45, 7) is 6.32. The molecule has 4 bridgehead atoms. The van der Waals surface area contributed by atoms with Crippen LogP contribution in [0.25, 0.3) is 0 Å². The van der Waals surface area contributed by atoms with Gasteiger partial charge in [-0.3, -0.25) is 14.6 Å². The molecule has 5 N–H and O–H groups in total. The quantitative estimate of drug-likeness (QED) is 0.512. The average Bonchev–Trinajstić information content (AvgIpc) is 2.86. The van der Waals surface area contributed by atoms with Crippen LogP contribution in [0.2, 0.25) is 0 Å². The zero-order chi connectivity index (χ0) is 23.7. The summed E-state index contributed by atoms with van der Waals surface area (Å²) in [6, 6.07) is 21.7. The van der Waals surface area contributed by atoms with Crippen molar-refractivity contribution in [2.45, 2.75) is 57.5 Å². The Bertz CT molecular complexity index is 967. The predicted octanol–water partition coefficient (Wildman–Crippen LogP) is 3.94. The normalized spacial score (nSPS) is 28.2. The smallest absolute Gasteiger partial charge is 0.226 e.